The summed E-state index contributed by atoms with van der Waals surface area (Å²) >= 11 is 0. The molecule has 0 amide bonds. The quantitative estimate of drug-likeness (QED) is 0.807. The average Bonchev–Trinajstić information content (AvgIpc) is 2.87. The lowest BCUT2D eigenvalue weighted by molar-refractivity contribution is -0.158. The third-order valence-corrected chi connectivity index (χ3v) is 8.73. The number of allylic oxidation sites excluding steroid dienone is 4. The second-order valence-electron chi connectivity index (χ2n) is 9.42. The molecule has 0 radical (unpaired) electrons. The molecule has 0 aliphatic heterocycles. The zero-order valence-corrected chi connectivity index (χ0v) is 16.1. The number of ketones is 1. The predicted molar refractivity (Wildman–Crippen MR) is 97.8 cm³/mol. The molecule has 3 heteroatoms. The molecule has 3 nitrogen and oxygen atoms in total. The number of methoxy groups -OCH3 is 1. The van der Waals surface area contributed by atoms with Crippen LogP contribution in [-0.2, 0) is 9.53 Å². The van der Waals surface area contributed by atoms with Gasteiger partial charge in [-0.2, -0.15) is 0 Å². The number of Topliss-reactive ketones (excluding diaryl/α,β-unsaturated/α-hetero) is 1. The molecule has 0 spiro atoms. The Kier molecular flexibility index (Phi) is 3.78. The zero-order valence-electron chi connectivity index (χ0n) is 16.1. The van der Waals surface area contributed by atoms with Crippen LogP contribution in [0.3, 0.4) is 0 Å². The van der Waals surface area contributed by atoms with Gasteiger partial charge in [0.15, 0.2) is 5.78 Å². The molecule has 0 aromatic heterocycles. The summed E-state index contributed by atoms with van der Waals surface area (Å²) in [5.41, 5.74) is 0.330. The molecule has 0 heterocycles. The Hall–Kier alpha value is -1.09. The average molecular weight is 344 g/mol. The number of fused-ring (bicyclic) bond motifs is 5. The highest BCUT2D eigenvalue weighted by molar-refractivity contribution is 5.86. The van der Waals surface area contributed by atoms with E-state index in [1.165, 1.54) is 5.57 Å². The number of carbonyl (C=O) groups excluding carboxylic acids is 1. The molecule has 0 saturated heterocycles. The highest BCUT2D eigenvalue weighted by atomic mass is 16.5. The number of hydrogen-bond donors (Lipinski definition) is 1. The van der Waals surface area contributed by atoms with Crippen LogP contribution in [0.2, 0.25) is 0 Å². The van der Waals surface area contributed by atoms with Gasteiger partial charge in [0.2, 0.25) is 0 Å². The second-order valence-corrected chi connectivity index (χ2v) is 9.42. The lowest BCUT2D eigenvalue weighted by atomic mass is 9.47. The molecule has 25 heavy (non-hydrogen) atoms. The lowest BCUT2D eigenvalue weighted by Gasteiger charge is -2.57. The molecule has 2 saturated carbocycles. The van der Waals surface area contributed by atoms with E-state index in [1.54, 1.807) is 14.0 Å². The molecule has 0 bridgehead atoms. The van der Waals surface area contributed by atoms with Crippen LogP contribution in [0.15, 0.2) is 23.5 Å². The number of rotatable bonds is 2. The molecule has 1 N–H and O–H groups in total. The Labute approximate surface area is 151 Å². The SMILES string of the molecule is COC1=CC2=CCC3C(CCC4(C)C3CC[C@]4(O)C(C)=O)C2(C)CC1. The van der Waals surface area contributed by atoms with Crippen molar-refractivity contribution in [2.75, 3.05) is 7.11 Å². The fourth-order valence-electron chi connectivity index (χ4n) is 7.05. The van der Waals surface area contributed by atoms with Crippen LogP contribution in [0.1, 0.15) is 65.7 Å². The highest BCUT2D eigenvalue weighted by Crippen LogP contribution is 2.67. The van der Waals surface area contributed by atoms with Crippen LogP contribution in [0.4, 0.5) is 0 Å². The predicted octanol–water partition coefficient (Wildman–Crippen LogP) is 4.41. The number of carbonyl (C=O) groups is 1. The van der Waals surface area contributed by atoms with Crippen molar-refractivity contribution in [2.45, 2.75) is 71.3 Å². The fraction of sp³-hybridized carbons (Fsp3) is 0.773. The van der Waals surface area contributed by atoms with Crippen molar-refractivity contribution in [1.82, 2.24) is 0 Å². The van der Waals surface area contributed by atoms with Gasteiger partial charge in [0.1, 0.15) is 5.60 Å². The number of ether oxygens (including phenoxy) is 1. The Bertz CT molecular complexity index is 662. The Morgan fingerprint density at radius 1 is 1.20 bits per heavy atom. The Morgan fingerprint density at radius 2 is 1.92 bits per heavy atom. The maximum Gasteiger partial charge on any atom is 0.161 e. The van der Waals surface area contributed by atoms with E-state index in [4.69, 9.17) is 4.74 Å². The lowest BCUT2D eigenvalue weighted by Crippen LogP contribution is -2.56. The molecule has 4 rings (SSSR count). The molecule has 6 atom stereocenters. The molecule has 0 aromatic carbocycles. The summed E-state index contributed by atoms with van der Waals surface area (Å²) in [5.74, 6) is 2.80. The summed E-state index contributed by atoms with van der Waals surface area (Å²) in [6.07, 6.45) is 11.7. The van der Waals surface area contributed by atoms with Gasteiger partial charge in [0.25, 0.3) is 0 Å². The topological polar surface area (TPSA) is 46.5 Å². The van der Waals surface area contributed by atoms with Crippen molar-refractivity contribution in [3.05, 3.63) is 23.5 Å². The number of aliphatic hydroxyl groups is 1. The minimum atomic E-state index is -1.11. The second kappa shape index (κ2) is 5.45. The molecular formula is C22H32O3. The van der Waals surface area contributed by atoms with E-state index in [-0.39, 0.29) is 16.6 Å². The zero-order chi connectivity index (χ0) is 18.0. The van der Waals surface area contributed by atoms with Crippen molar-refractivity contribution < 1.29 is 14.6 Å². The van der Waals surface area contributed by atoms with Crippen LogP contribution in [0, 0.1) is 28.6 Å². The third kappa shape index (κ3) is 2.11. The standard InChI is InChI=1S/C22H32O3/c1-14(23)22(24)12-9-19-17-6-5-15-13-16(25-4)7-10-20(15,2)18(17)8-11-21(19,22)3/h5,13,17-19,24H,6-12H2,1-4H3/t17?,18?,19?,20?,21?,22-/m0/s1. The summed E-state index contributed by atoms with van der Waals surface area (Å²) < 4.78 is 5.51. The normalized spacial score (nSPS) is 48.6. The van der Waals surface area contributed by atoms with Gasteiger partial charge < -0.3 is 9.84 Å². The molecule has 0 aromatic rings. The van der Waals surface area contributed by atoms with E-state index in [0.717, 1.165) is 44.3 Å². The summed E-state index contributed by atoms with van der Waals surface area (Å²) in [4.78, 5) is 12.3. The van der Waals surface area contributed by atoms with E-state index in [0.29, 0.717) is 24.2 Å². The number of hydrogen-bond acceptors (Lipinski definition) is 3. The van der Waals surface area contributed by atoms with Crippen LogP contribution in [0.5, 0.6) is 0 Å². The minimum absolute atomic E-state index is 0.0282. The van der Waals surface area contributed by atoms with Crippen molar-refractivity contribution in [1.29, 1.82) is 0 Å². The van der Waals surface area contributed by atoms with Crippen LogP contribution in [-0.4, -0.2) is 23.6 Å². The first kappa shape index (κ1) is 17.3. The fourth-order valence-corrected chi connectivity index (χ4v) is 7.05. The minimum Gasteiger partial charge on any atom is -0.501 e. The molecule has 5 unspecified atom stereocenters. The van der Waals surface area contributed by atoms with Crippen LogP contribution in [0.25, 0.3) is 0 Å². The van der Waals surface area contributed by atoms with Gasteiger partial charge in [-0.05, 0) is 80.3 Å². The summed E-state index contributed by atoms with van der Waals surface area (Å²) in [6.45, 7) is 6.21. The first-order valence-corrected chi connectivity index (χ1v) is 9.95. The maximum atomic E-state index is 12.3. The van der Waals surface area contributed by atoms with Crippen molar-refractivity contribution in [3.8, 4) is 0 Å². The molecule has 138 valence electrons. The smallest absolute Gasteiger partial charge is 0.161 e. The van der Waals surface area contributed by atoms with E-state index in [2.05, 4.69) is 26.0 Å². The summed E-state index contributed by atoms with van der Waals surface area (Å²) in [7, 11) is 1.77. The van der Waals surface area contributed by atoms with Crippen molar-refractivity contribution in [2.24, 2.45) is 28.6 Å². The molecular weight excluding hydrogens is 312 g/mol. The van der Waals surface area contributed by atoms with Gasteiger partial charge in [-0.25, -0.2) is 0 Å². The van der Waals surface area contributed by atoms with E-state index >= 15 is 0 Å². The van der Waals surface area contributed by atoms with Gasteiger partial charge in [0, 0.05) is 11.8 Å². The van der Waals surface area contributed by atoms with Gasteiger partial charge in [-0.1, -0.05) is 19.9 Å². The van der Waals surface area contributed by atoms with Gasteiger partial charge >= 0.3 is 0 Å². The first-order valence-electron chi connectivity index (χ1n) is 9.95. The van der Waals surface area contributed by atoms with Crippen molar-refractivity contribution >= 4 is 5.78 Å². The highest BCUT2D eigenvalue weighted by Gasteiger charge is 2.65. The van der Waals surface area contributed by atoms with Crippen LogP contribution >= 0.6 is 0 Å². The van der Waals surface area contributed by atoms with Gasteiger partial charge in [-0.15, -0.1) is 0 Å². The van der Waals surface area contributed by atoms with Gasteiger partial charge in [-0.3, -0.25) is 4.79 Å². The van der Waals surface area contributed by atoms with Crippen LogP contribution < -0.4 is 0 Å². The molecule has 2 fully saturated rings. The van der Waals surface area contributed by atoms with E-state index in [1.807, 2.05) is 0 Å². The first-order chi connectivity index (χ1) is 11.8. The summed E-state index contributed by atoms with van der Waals surface area (Å²) in [5, 5.41) is 11.2. The van der Waals surface area contributed by atoms with E-state index < -0.39 is 5.60 Å². The third-order valence-electron chi connectivity index (χ3n) is 8.73. The van der Waals surface area contributed by atoms with Gasteiger partial charge in [0.05, 0.1) is 12.9 Å². The Morgan fingerprint density at radius 3 is 2.60 bits per heavy atom. The summed E-state index contributed by atoms with van der Waals surface area (Å²) in [6, 6.07) is 0. The Balaban J connectivity index is 1.70. The monoisotopic (exact) mass is 344 g/mol. The van der Waals surface area contributed by atoms with E-state index in [9.17, 15) is 9.90 Å². The molecule has 4 aliphatic carbocycles. The molecule has 4 aliphatic rings. The maximum absolute atomic E-state index is 12.3. The largest absolute Gasteiger partial charge is 0.501 e. The van der Waals surface area contributed by atoms with Crippen molar-refractivity contribution in [3.63, 3.8) is 0 Å².